The second kappa shape index (κ2) is 8.67. The zero-order valence-corrected chi connectivity index (χ0v) is 14.5. The predicted octanol–water partition coefficient (Wildman–Crippen LogP) is 3.43. The highest BCUT2D eigenvalue weighted by molar-refractivity contribution is 5.94. The Bertz CT molecular complexity index is 855. The van der Waals surface area contributed by atoms with E-state index in [-0.39, 0.29) is 5.91 Å². The van der Waals surface area contributed by atoms with Crippen LogP contribution in [0.4, 0.5) is 0 Å². The maximum Gasteiger partial charge on any atom is 0.251 e. The average molecular weight is 347 g/mol. The molecule has 5 heteroatoms. The number of nitrogens with zero attached hydrogens (tertiary/aromatic N) is 2. The molecule has 5 nitrogen and oxygen atoms in total. The Balaban J connectivity index is 1.61. The predicted molar refractivity (Wildman–Crippen MR) is 101 cm³/mol. The fourth-order valence-electron chi connectivity index (χ4n) is 2.59. The fourth-order valence-corrected chi connectivity index (χ4v) is 2.59. The summed E-state index contributed by atoms with van der Waals surface area (Å²) in [6, 6.07) is 17.0. The van der Waals surface area contributed by atoms with Gasteiger partial charge in [0.2, 0.25) is 0 Å². The van der Waals surface area contributed by atoms with Crippen LogP contribution in [0.5, 0.6) is 5.75 Å². The van der Waals surface area contributed by atoms with Crippen molar-refractivity contribution in [2.24, 2.45) is 0 Å². The number of benzene rings is 2. The van der Waals surface area contributed by atoms with Crippen molar-refractivity contribution in [2.75, 3.05) is 6.61 Å². The van der Waals surface area contributed by atoms with Gasteiger partial charge in [0.1, 0.15) is 12.4 Å². The lowest BCUT2D eigenvalue weighted by atomic mass is 10.1. The van der Waals surface area contributed by atoms with Gasteiger partial charge in [0.15, 0.2) is 0 Å². The van der Waals surface area contributed by atoms with Crippen molar-refractivity contribution in [3.63, 3.8) is 0 Å². The van der Waals surface area contributed by atoms with Crippen LogP contribution in [0.25, 0.3) is 0 Å². The second-order valence-electron chi connectivity index (χ2n) is 5.78. The molecular formula is C21H21N3O2. The van der Waals surface area contributed by atoms with E-state index < -0.39 is 0 Å². The summed E-state index contributed by atoms with van der Waals surface area (Å²) in [5.74, 6) is 0.597. The molecule has 1 aromatic heterocycles. The van der Waals surface area contributed by atoms with Crippen molar-refractivity contribution in [1.82, 2.24) is 15.1 Å². The summed E-state index contributed by atoms with van der Waals surface area (Å²) >= 11 is 0. The van der Waals surface area contributed by atoms with E-state index in [1.165, 1.54) is 0 Å². The molecule has 0 aliphatic rings. The van der Waals surface area contributed by atoms with Crippen molar-refractivity contribution in [1.29, 1.82) is 0 Å². The van der Waals surface area contributed by atoms with E-state index in [1.54, 1.807) is 36.5 Å². The van der Waals surface area contributed by atoms with E-state index in [0.29, 0.717) is 31.0 Å². The Hall–Kier alpha value is -3.34. The largest absolute Gasteiger partial charge is 0.490 e. The van der Waals surface area contributed by atoms with Crippen molar-refractivity contribution in [2.45, 2.75) is 13.1 Å². The lowest BCUT2D eigenvalue weighted by Gasteiger charge is -2.11. The minimum Gasteiger partial charge on any atom is -0.490 e. The molecule has 0 saturated heterocycles. The third-order valence-electron chi connectivity index (χ3n) is 3.93. The zero-order chi connectivity index (χ0) is 18.2. The highest BCUT2D eigenvalue weighted by Gasteiger charge is 2.08. The summed E-state index contributed by atoms with van der Waals surface area (Å²) in [5, 5.41) is 7.21. The van der Waals surface area contributed by atoms with Crippen LogP contribution in [0.15, 0.2) is 79.6 Å². The number of ether oxygens (including phenoxy) is 1. The molecule has 1 heterocycles. The van der Waals surface area contributed by atoms with E-state index in [1.807, 2.05) is 35.1 Å². The molecule has 0 fully saturated rings. The Kier molecular flexibility index (Phi) is 5.83. The smallest absolute Gasteiger partial charge is 0.251 e. The number of hydrogen-bond donors (Lipinski definition) is 1. The van der Waals surface area contributed by atoms with E-state index in [2.05, 4.69) is 23.1 Å². The lowest BCUT2D eigenvalue weighted by Crippen LogP contribution is -2.23. The van der Waals surface area contributed by atoms with Crippen molar-refractivity contribution < 1.29 is 9.53 Å². The fraction of sp³-hybridized carbons (Fsp3) is 0.143. The Morgan fingerprint density at radius 3 is 2.58 bits per heavy atom. The SMILES string of the molecule is C=CCOc1ccc(C(=O)NCc2ccccc2Cn2cccn2)cc1. The normalized spacial score (nSPS) is 10.3. The molecule has 132 valence electrons. The molecule has 0 aliphatic heterocycles. The number of rotatable bonds is 8. The molecule has 0 atom stereocenters. The first-order valence-electron chi connectivity index (χ1n) is 8.42. The van der Waals surface area contributed by atoms with Gasteiger partial charge in [0, 0.05) is 24.5 Å². The molecule has 1 N–H and O–H groups in total. The molecule has 3 rings (SSSR count). The van der Waals surface area contributed by atoms with Gasteiger partial charge in [-0.2, -0.15) is 5.10 Å². The molecule has 0 aliphatic carbocycles. The average Bonchev–Trinajstić information content (AvgIpc) is 3.19. The molecule has 1 amide bonds. The number of aromatic nitrogens is 2. The van der Waals surface area contributed by atoms with E-state index in [9.17, 15) is 4.79 Å². The molecule has 2 aromatic carbocycles. The number of amides is 1. The highest BCUT2D eigenvalue weighted by Crippen LogP contribution is 2.13. The summed E-state index contributed by atoms with van der Waals surface area (Å²) in [6.45, 7) is 5.19. The van der Waals surface area contributed by atoms with Gasteiger partial charge in [-0.1, -0.05) is 36.9 Å². The van der Waals surface area contributed by atoms with Crippen LogP contribution in [0.2, 0.25) is 0 Å². The standard InChI is InChI=1S/C21H21N3O2/c1-2-14-26-20-10-8-17(9-11-20)21(25)22-15-18-6-3-4-7-19(18)16-24-13-5-12-23-24/h2-13H,1,14-16H2,(H,22,25). The van der Waals surface area contributed by atoms with Gasteiger partial charge in [-0.05, 0) is 41.5 Å². The van der Waals surface area contributed by atoms with Crippen molar-refractivity contribution >= 4 is 5.91 Å². The van der Waals surface area contributed by atoms with Gasteiger partial charge in [-0.25, -0.2) is 0 Å². The third-order valence-corrected chi connectivity index (χ3v) is 3.93. The molecule has 0 spiro atoms. The summed E-state index contributed by atoms with van der Waals surface area (Å²) in [7, 11) is 0. The molecule has 3 aromatic rings. The molecule has 0 unspecified atom stereocenters. The van der Waals surface area contributed by atoms with E-state index in [4.69, 9.17) is 4.74 Å². The molecule has 0 bridgehead atoms. The van der Waals surface area contributed by atoms with E-state index in [0.717, 1.165) is 11.1 Å². The molecule has 26 heavy (non-hydrogen) atoms. The minimum absolute atomic E-state index is 0.117. The highest BCUT2D eigenvalue weighted by atomic mass is 16.5. The van der Waals surface area contributed by atoms with Crippen molar-refractivity contribution in [3.8, 4) is 5.75 Å². The Labute approximate surface area is 152 Å². The number of hydrogen-bond acceptors (Lipinski definition) is 3. The van der Waals surface area contributed by atoms with Gasteiger partial charge in [0.25, 0.3) is 5.91 Å². The third kappa shape index (κ3) is 4.60. The molecule has 0 radical (unpaired) electrons. The second-order valence-corrected chi connectivity index (χ2v) is 5.78. The van der Waals surface area contributed by atoms with Crippen LogP contribution in [0, 0.1) is 0 Å². The first-order valence-corrected chi connectivity index (χ1v) is 8.42. The minimum atomic E-state index is -0.117. The van der Waals surface area contributed by atoms with Crippen LogP contribution in [-0.2, 0) is 13.1 Å². The quantitative estimate of drug-likeness (QED) is 0.635. The number of carbonyl (C=O) groups excluding carboxylic acids is 1. The van der Waals surface area contributed by atoms with Gasteiger partial charge in [0.05, 0.1) is 6.54 Å². The lowest BCUT2D eigenvalue weighted by molar-refractivity contribution is 0.0951. The monoisotopic (exact) mass is 347 g/mol. The van der Waals surface area contributed by atoms with Crippen LogP contribution >= 0.6 is 0 Å². The number of carbonyl (C=O) groups is 1. The topological polar surface area (TPSA) is 56.1 Å². The van der Waals surface area contributed by atoms with Gasteiger partial charge in [-0.3, -0.25) is 9.48 Å². The van der Waals surface area contributed by atoms with Gasteiger partial charge < -0.3 is 10.1 Å². The maximum atomic E-state index is 12.4. The van der Waals surface area contributed by atoms with Crippen molar-refractivity contribution in [3.05, 3.63) is 96.3 Å². The summed E-state index contributed by atoms with van der Waals surface area (Å²) < 4.78 is 7.29. The maximum absolute atomic E-state index is 12.4. The summed E-state index contributed by atoms with van der Waals surface area (Å²) in [4.78, 5) is 12.4. The summed E-state index contributed by atoms with van der Waals surface area (Å²) in [5.41, 5.74) is 2.80. The Morgan fingerprint density at radius 1 is 1.12 bits per heavy atom. The van der Waals surface area contributed by atoms with Gasteiger partial charge >= 0.3 is 0 Å². The first kappa shape index (κ1) is 17.5. The van der Waals surface area contributed by atoms with Crippen LogP contribution in [0.3, 0.4) is 0 Å². The van der Waals surface area contributed by atoms with E-state index >= 15 is 0 Å². The Morgan fingerprint density at radius 2 is 1.88 bits per heavy atom. The number of nitrogens with one attached hydrogen (secondary N) is 1. The summed E-state index contributed by atoms with van der Waals surface area (Å²) in [6.07, 6.45) is 5.36. The van der Waals surface area contributed by atoms with Gasteiger partial charge in [-0.15, -0.1) is 0 Å². The molecular weight excluding hydrogens is 326 g/mol. The molecule has 0 saturated carbocycles. The van der Waals surface area contributed by atoms with Crippen LogP contribution in [-0.4, -0.2) is 22.3 Å². The first-order chi connectivity index (χ1) is 12.8. The zero-order valence-electron chi connectivity index (χ0n) is 14.5. The van der Waals surface area contributed by atoms with Crippen LogP contribution < -0.4 is 10.1 Å². The van der Waals surface area contributed by atoms with Crippen LogP contribution in [0.1, 0.15) is 21.5 Å².